The van der Waals surface area contributed by atoms with E-state index in [9.17, 15) is 13.6 Å². The molecule has 1 amide bonds. The van der Waals surface area contributed by atoms with Crippen molar-refractivity contribution in [2.45, 2.75) is 32.2 Å². The Morgan fingerprint density at radius 3 is 2.38 bits per heavy atom. The minimum absolute atomic E-state index is 0.143. The molecular weight excluding hydrogens is 182 g/mol. The first-order chi connectivity index (χ1) is 5.87. The molecule has 0 heterocycles. The molecule has 0 aliphatic heterocycles. The molecule has 13 heavy (non-hydrogen) atoms. The van der Waals surface area contributed by atoms with Gasteiger partial charge in [-0.1, -0.05) is 6.92 Å². The fraction of sp³-hybridized carbons (Fsp3) is 0.857. The third kappa shape index (κ3) is 2.60. The van der Waals surface area contributed by atoms with Crippen molar-refractivity contribution < 1.29 is 18.8 Å². The molecule has 0 saturated carbocycles. The zero-order valence-corrected chi connectivity index (χ0v) is 7.55. The SMILES string of the molecule is CCC(C(=O)NO)C(C)(N)C(F)F. The Morgan fingerprint density at radius 2 is 2.15 bits per heavy atom. The third-order valence-electron chi connectivity index (χ3n) is 2.06. The van der Waals surface area contributed by atoms with Crippen LogP contribution >= 0.6 is 0 Å². The molecule has 0 aromatic carbocycles. The summed E-state index contributed by atoms with van der Waals surface area (Å²) in [6, 6.07) is 0. The highest BCUT2D eigenvalue weighted by molar-refractivity contribution is 5.78. The van der Waals surface area contributed by atoms with Crippen LogP contribution in [0.4, 0.5) is 8.78 Å². The van der Waals surface area contributed by atoms with Crippen molar-refractivity contribution in [1.82, 2.24) is 5.48 Å². The van der Waals surface area contributed by atoms with E-state index in [4.69, 9.17) is 10.9 Å². The standard InChI is InChI=1S/C7H14F2N2O2/c1-3-4(5(12)11-13)7(2,10)6(8)9/h4,6,13H,3,10H2,1-2H3,(H,11,12). The molecule has 0 spiro atoms. The van der Waals surface area contributed by atoms with Crippen LogP contribution in [0.5, 0.6) is 0 Å². The first-order valence-electron chi connectivity index (χ1n) is 3.88. The number of hydrogen-bond acceptors (Lipinski definition) is 3. The maximum absolute atomic E-state index is 12.4. The van der Waals surface area contributed by atoms with Gasteiger partial charge in [0.25, 0.3) is 6.43 Å². The number of halogens is 2. The molecule has 0 bridgehead atoms. The molecular formula is C7H14F2N2O2. The van der Waals surface area contributed by atoms with Gasteiger partial charge in [-0.15, -0.1) is 0 Å². The van der Waals surface area contributed by atoms with Gasteiger partial charge in [0.15, 0.2) is 0 Å². The zero-order chi connectivity index (χ0) is 10.6. The van der Waals surface area contributed by atoms with Crippen LogP contribution in [0, 0.1) is 5.92 Å². The summed E-state index contributed by atoms with van der Waals surface area (Å²) in [6.07, 6.45) is -2.67. The number of carbonyl (C=O) groups excluding carboxylic acids is 1. The Balaban J connectivity index is 4.65. The number of carbonyl (C=O) groups is 1. The van der Waals surface area contributed by atoms with Crippen LogP contribution < -0.4 is 11.2 Å². The summed E-state index contributed by atoms with van der Waals surface area (Å²) in [5.74, 6) is -1.98. The second kappa shape index (κ2) is 4.48. The van der Waals surface area contributed by atoms with Crippen LogP contribution in [0.2, 0.25) is 0 Å². The van der Waals surface area contributed by atoms with Crippen LogP contribution in [0.15, 0.2) is 0 Å². The van der Waals surface area contributed by atoms with E-state index in [0.717, 1.165) is 6.92 Å². The van der Waals surface area contributed by atoms with Gasteiger partial charge >= 0.3 is 0 Å². The average molecular weight is 196 g/mol. The summed E-state index contributed by atoms with van der Waals surface area (Å²) < 4.78 is 24.7. The van der Waals surface area contributed by atoms with E-state index < -0.39 is 23.8 Å². The summed E-state index contributed by atoms with van der Waals surface area (Å²) in [6.45, 7) is 2.63. The number of nitrogens with one attached hydrogen (secondary N) is 1. The summed E-state index contributed by atoms with van der Waals surface area (Å²) in [5, 5.41) is 8.28. The maximum atomic E-state index is 12.4. The predicted molar refractivity (Wildman–Crippen MR) is 42.3 cm³/mol. The molecule has 6 heteroatoms. The van der Waals surface area contributed by atoms with Crippen LogP contribution in [0.3, 0.4) is 0 Å². The van der Waals surface area contributed by atoms with E-state index in [1.165, 1.54) is 5.48 Å². The van der Waals surface area contributed by atoms with E-state index in [1.54, 1.807) is 6.92 Å². The summed E-state index contributed by atoms with van der Waals surface area (Å²) in [7, 11) is 0. The molecule has 0 aromatic heterocycles. The van der Waals surface area contributed by atoms with E-state index in [2.05, 4.69) is 0 Å². The molecule has 0 aliphatic rings. The first kappa shape index (κ1) is 12.2. The molecule has 2 atom stereocenters. The molecule has 0 fully saturated rings. The smallest absolute Gasteiger partial charge is 0.256 e. The zero-order valence-electron chi connectivity index (χ0n) is 7.55. The lowest BCUT2D eigenvalue weighted by Crippen LogP contribution is -2.55. The van der Waals surface area contributed by atoms with E-state index in [1.807, 2.05) is 0 Å². The second-order valence-electron chi connectivity index (χ2n) is 3.10. The normalized spacial score (nSPS) is 18.1. The lowest BCUT2D eigenvalue weighted by molar-refractivity contribution is -0.138. The fourth-order valence-electron chi connectivity index (χ4n) is 1.14. The second-order valence-corrected chi connectivity index (χ2v) is 3.10. The van der Waals surface area contributed by atoms with Crippen LogP contribution in [0.25, 0.3) is 0 Å². The number of amides is 1. The van der Waals surface area contributed by atoms with Crippen molar-refractivity contribution in [3.05, 3.63) is 0 Å². The van der Waals surface area contributed by atoms with Crippen molar-refractivity contribution in [3.8, 4) is 0 Å². The van der Waals surface area contributed by atoms with Gasteiger partial charge in [-0.3, -0.25) is 10.0 Å². The van der Waals surface area contributed by atoms with E-state index in [0.29, 0.717) is 0 Å². The first-order valence-corrected chi connectivity index (χ1v) is 3.88. The average Bonchev–Trinajstić information content (AvgIpc) is 2.04. The van der Waals surface area contributed by atoms with Crippen LogP contribution in [-0.2, 0) is 4.79 Å². The van der Waals surface area contributed by atoms with Crippen LogP contribution in [0.1, 0.15) is 20.3 Å². The van der Waals surface area contributed by atoms with Crippen molar-refractivity contribution in [2.75, 3.05) is 0 Å². The third-order valence-corrected chi connectivity index (χ3v) is 2.06. The van der Waals surface area contributed by atoms with Gasteiger partial charge in [-0.25, -0.2) is 14.3 Å². The van der Waals surface area contributed by atoms with Crippen LogP contribution in [-0.4, -0.2) is 23.1 Å². The highest BCUT2D eigenvalue weighted by Gasteiger charge is 2.42. The molecule has 0 saturated heterocycles. The summed E-state index contributed by atoms with van der Waals surface area (Å²) >= 11 is 0. The Morgan fingerprint density at radius 1 is 1.69 bits per heavy atom. The minimum Gasteiger partial charge on any atom is -0.320 e. The molecule has 4 N–H and O–H groups in total. The molecule has 0 radical (unpaired) electrons. The number of hydroxylamine groups is 1. The van der Waals surface area contributed by atoms with Gasteiger partial charge in [0, 0.05) is 0 Å². The molecule has 2 unspecified atom stereocenters. The van der Waals surface area contributed by atoms with Gasteiger partial charge in [0.1, 0.15) is 0 Å². The number of nitrogens with two attached hydrogens (primary N) is 1. The number of rotatable bonds is 4. The van der Waals surface area contributed by atoms with Gasteiger partial charge in [-0.05, 0) is 13.3 Å². The minimum atomic E-state index is -2.81. The quantitative estimate of drug-likeness (QED) is 0.452. The molecule has 4 nitrogen and oxygen atoms in total. The summed E-state index contributed by atoms with van der Waals surface area (Å²) in [4.78, 5) is 10.9. The largest absolute Gasteiger partial charge is 0.320 e. The molecule has 0 aliphatic carbocycles. The van der Waals surface area contributed by atoms with Gasteiger partial charge in [0.05, 0.1) is 11.5 Å². The van der Waals surface area contributed by atoms with E-state index >= 15 is 0 Å². The Labute approximate surface area is 75.1 Å². The lowest BCUT2D eigenvalue weighted by Gasteiger charge is -2.30. The topological polar surface area (TPSA) is 75.3 Å². The lowest BCUT2D eigenvalue weighted by atomic mass is 9.84. The number of hydrogen-bond donors (Lipinski definition) is 3. The van der Waals surface area contributed by atoms with Crippen molar-refractivity contribution >= 4 is 5.91 Å². The van der Waals surface area contributed by atoms with Crippen molar-refractivity contribution in [1.29, 1.82) is 0 Å². The fourth-order valence-corrected chi connectivity index (χ4v) is 1.14. The maximum Gasteiger partial charge on any atom is 0.256 e. The monoisotopic (exact) mass is 196 g/mol. The predicted octanol–water partition coefficient (Wildman–Crippen LogP) is 0.501. The highest BCUT2D eigenvalue weighted by Crippen LogP contribution is 2.24. The molecule has 0 rings (SSSR count). The Kier molecular flexibility index (Phi) is 4.22. The van der Waals surface area contributed by atoms with Gasteiger partial charge in [-0.2, -0.15) is 0 Å². The Bertz CT molecular complexity index is 185. The number of alkyl halides is 2. The Hall–Kier alpha value is -0.750. The summed E-state index contributed by atoms with van der Waals surface area (Å²) in [5.41, 5.74) is 4.68. The van der Waals surface area contributed by atoms with E-state index in [-0.39, 0.29) is 6.42 Å². The molecule has 78 valence electrons. The van der Waals surface area contributed by atoms with Crippen molar-refractivity contribution in [3.63, 3.8) is 0 Å². The van der Waals surface area contributed by atoms with Crippen molar-refractivity contribution in [2.24, 2.45) is 11.7 Å². The molecule has 0 aromatic rings. The van der Waals surface area contributed by atoms with Gasteiger partial charge in [0.2, 0.25) is 5.91 Å². The van der Waals surface area contributed by atoms with Gasteiger partial charge < -0.3 is 5.73 Å². The highest BCUT2D eigenvalue weighted by atomic mass is 19.3.